The summed E-state index contributed by atoms with van der Waals surface area (Å²) < 4.78 is 6.91. The average molecular weight is 671 g/mol. The van der Waals surface area contributed by atoms with Gasteiger partial charge in [0.15, 0.2) is 0 Å². The molecule has 3 aliphatic carbocycles. The predicted molar refractivity (Wildman–Crippen MR) is 162 cm³/mol. The van der Waals surface area contributed by atoms with E-state index in [1.165, 1.54) is 65.5 Å². The molecule has 4 aromatic rings. The molecule has 0 amide bonds. The van der Waals surface area contributed by atoms with Crippen LogP contribution in [0.5, 0.6) is 0 Å². The first kappa shape index (κ1) is 24.1. The Bertz CT molecular complexity index is 1530. The third-order valence-corrected chi connectivity index (χ3v) is 25.8. The van der Waals surface area contributed by atoms with Gasteiger partial charge in [-0.25, -0.2) is 0 Å². The molecule has 4 aliphatic rings. The summed E-state index contributed by atoms with van der Waals surface area (Å²) in [6.45, 7) is 0. The van der Waals surface area contributed by atoms with Crippen molar-refractivity contribution in [2.45, 2.75) is 48.8 Å². The Labute approximate surface area is 237 Å². The second kappa shape index (κ2) is 8.87. The average Bonchev–Trinajstić information content (AvgIpc) is 3.59. The van der Waals surface area contributed by atoms with E-state index in [4.69, 9.17) is 0 Å². The molecular formula is C38H36Hf. The van der Waals surface area contributed by atoms with Gasteiger partial charge >= 0.3 is 239 Å². The van der Waals surface area contributed by atoms with Crippen molar-refractivity contribution < 1.29 is 20.0 Å². The van der Waals surface area contributed by atoms with Crippen molar-refractivity contribution in [3.8, 4) is 22.3 Å². The maximum atomic E-state index is 2.79. The quantitative estimate of drug-likeness (QED) is 0.186. The fourth-order valence-electron chi connectivity index (χ4n) is 9.04. The first-order valence-electron chi connectivity index (χ1n) is 14.9. The van der Waals surface area contributed by atoms with Gasteiger partial charge in [0.05, 0.1) is 0 Å². The van der Waals surface area contributed by atoms with Crippen LogP contribution in [-0.4, -0.2) is 0 Å². The molecule has 0 nitrogen and oxygen atoms in total. The summed E-state index contributed by atoms with van der Waals surface area (Å²) in [7, 11) is 0. The molecule has 1 heteroatoms. The van der Waals surface area contributed by atoms with Crippen LogP contribution in [0.4, 0.5) is 0 Å². The van der Waals surface area contributed by atoms with Crippen molar-refractivity contribution in [2.75, 3.05) is 0 Å². The van der Waals surface area contributed by atoms with Gasteiger partial charge in [-0.3, -0.25) is 0 Å². The zero-order valence-corrected chi connectivity index (χ0v) is 26.7. The van der Waals surface area contributed by atoms with E-state index in [9.17, 15) is 0 Å². The number of allylic oxidation sites excluding steroid dienone is 2. The fourth-order valence-corrected chi connectivity index (χ4v) is 26.2. The first-order chi connectivity index (χ1) is 19.1. The van der Waals surface area contributed by atoms with Gasteiger partial charge in [-0.1, -0.05) is 0 Å². The summed E-state index contributed by atoms with van der Waals surface area (Å²) in [5.74, 6) is 0. The van der Waals surface area contributed by atoms with Crippen LogP contribution in [0.15, 0.2) is 108 Å². The number of benzene rings is 4. The monoisotopic (exact) mass is 672 g/mol. The van der Waals surface area contributed by atoms with E-state index < -0.39 is 20.0 Å². The van der Waals surface area contributed by atoms with Crippen LogP contribution < -0.4 is 0 Å². The van der Waals surface area contributed by atoms with Gasteiger partial charge in [-0.15, -0.1) is 0 Å². The van der Waals surface area contributed by atoms with Crippen LogP contribution in [0.3, 0.4) is 0 Å². The number of fused-ring (bicyclic) bond motifs is 8. The molecule has 2 atom stereocenters. The van der Waals surface area contributed by atoms with Crippen molar-refractivity contribution in [1.29, 1.82) is 0 Å². The molecule has 2 unspecified atom stereocenters. The topological polar surface area (TPSA) is 0 Å². The first-order valence-corrected chi connectivity index (χ1v) is 26.2. The van der Waals surface area contributed by atoms with Gasteiger partial charge in [0.2, 0.25) is 0 Å². The molecule has 0 N–H and O–H groups in total. The second-order valence-corrected chi connectivity index (χ2v) is 30.1. The van der Waals surface area contributed by atoms with Gasteiger partial charge < -0.3 is 0 Å². The molecule has 1 saturated heterocycles. The minimum absolute atomic E-state index is 0.225. The molecule has 0 bridgehead atoms. The molecule has 8 rings (SSSR count). The van der Waals surface area contributed by atoms with E-state index in [0.29, 0.717) is 7.35 Å². The predicted octanol–water partition coefficient (Wildman–Crippen LogP) is 10.8. The van der Waals surface area contributed by atoms with Gasteiger partial charge in [0.1, 0.15) is 0 Å². The summed E-state index contributed by atoms with van der Waals surface area (Å²) in [6.07, 6.45) is 12.2. The molecule has 4 aromatic carbocycles. The number of hydrogen-bond donors (Lipinski definition) is 0. The van der Waals surface area contributed by atoms with Crippen LogP contribution in [0, 0.1) is 5.41 Å². The van der Waals surface area contributed by atoms with Gasteiger partial charge in [0, 0.05) is 0 Å². The Morgan fingerprint density at radius 3 is 1.46 bits per heavy atom. The fraction of sp³-hybridized carbons (Fsp3) is 0.263. The van der Waals surface area contributed by atoms with Crippen molar-refractivity contribution in [3.05, 3.63) is 130 Å². The Morgan fingerprint density at radius 1 is 0.538 bits per heavy atom. The zero-order valence-electron chi connectivity index (χ0n) is 23.1. The van der Waals surface area contributed by atoms with Crippen LogP contribution in [-0.2, 0) is 20.0 Å². The second-order valence-electron chi connectivity index (χ2n) is 12.9. The van der Waals surface area contributed by atoms with Gasteiger partial charge in [-0.05, 0) is 0 Å². The molecule has 2 fully saturated rings. The Balaban J connectivity index is 1.38. The van der Waals surface area contributed by atoms with Crippen LogP contribution in [0.25, 0.3) is 34.4 Å². The van der Waals surface area contributed by atoms with Gasteiger partial charge in [0.25, 0.3) is 0 Å². The van der Waals surface area contributed by atoms with E-state index in [-0.39, 0.29) is 5.41 Å². The minimum atomic E-state index is -3.01. The van der Waals surface area contributed by atoms with E-state index in [0.717, 1.165) is 0 Å². The molecule has 192 valence electrons. The number of hydrogen-bond acceptors (Lipinski definition) is 0. The van der Waals surface area contributed by atoms with Crippen LogP contribution in [0.1, 0.15) is 61.7 Å². The Hall–Kier alpha value is -2.77. The summed E-state index contributed by atoms with van der Waals surface area (Å²) >= 11 is -3.01. The summed E-state index contributed by atoms with van der Waals surface area (Å²) in [5, 5.41) is 0. The SMILES string of the molecule is [CH3][Hf]1([CH3])[CH]2C(=Cc3c(-c4ccccc4)cccc32)C2(CCCCC2)C2=Cc3c(-c4ccccc4)cccc3[CH]21. The molecule has 0 radical (unpaired) electrons. The Kier molecular flexibility index (Phi) is 5.47. The molecular weight excluding hydrogens is 635 g/mol. The summed E-state index contributed by atoms with van der Waals surface area (Å²) in [6, 6.07) is 36.6. The van der Waals surface area contributed by atoms with Crippen LogP contribution in [0.2, 0.25) is 9.36 Å². The van der Waals surface area contributed by atoms with E-state index in [2.05, 4.69) is 119 Å². The summed E-state index contributed by atoms with van der Waals surface area (Å²) in [5.41, 5.74) is 15.8. The molecule has 1 spiro atoms. The normalized spacial score (nSPS) is 23.3. The standard InChI is InChI=1S/C36H30.2CH3.Hf/c1-4-12-26(13-5-1)32-18-10-16-28-22-30(24-34(28)32)36(20-8-3-9-21-36)31-23-29-17-11-19-33(35(29)25-31)27-14-6-2-7-15-27;;;/h1-2,4-7,10-19,22-25H,3,8-9,20-21H2;2*1H3;. The molecule has 39 heavy (non-hydrogen) atoms. The van der Waals surface area contributed by atoms with Crippen molar-refractivity contribution in [1.82, 2.24) is 0 Å². The van der Waals surface area contributed by atoms with E-state index >= 15 is 0 Å². The van der Waals surface area contributed by atoms with Gasteiger partial charge in [-0.2, -0.15) is 0 Å². The summed E-state index contributed by atoms with van der Waals surface area (Å²) in [4.78, 5) is 0. The molecule has 1 aliphatic heterocycles. The Morgan fingerprint density at radius 2 is 1.00 bits per heavy atom. The van der Waals surface area contributed by atoms with Crippen molar-refractivity contribution in [2.24, 2.45) is 5.41 Å². The third kappa shape index (κ3) is 3.38. The number of rotatable bonds is 2. The molecule has 0 aromatic heterocycles. The maximum absolute atomic E-state index is 3.01. The molecule has 1 heterocycles. The zero-order chi connectivity index (χ0) is 26.2. The van der Waals surface area contributed by atoms with Crippen LogP contribution >= 0.6 is 0 Å². The van der Waals surface area contributed by atoms with E-state index in [1.54, 1.807) is 11.1 Å². The van der Waals surface area contributed by atoms with E-state index in [1.807, 2.05) is 11.1 Å². The van der Waals surface area contributed by atoms with Crippen molar-refractivity contribution >= 4 is 12.2 Å². The third-order valence-electron chi connectivity index (χ3n) is 10.6. The van der Waals surface area contributed by atoms with Crippen molar-refractivity contribution in [3.63, 3.8) is 0 Å². The molecule has 1 saturated carbocycles.